The second kappa shape index (κ2) is 4.71. The highest BCUT2D eigenvalue weighted by atomic mass is 35.5. The van der Waals surface area contributed by atoms with Gasteiger partial charge in [-0.05, 0) is 31.1 Å². The summed E-state index contributed by atoms with van der Waals surface area (Å²) in [5.41, 5.74) is 0. The van der Waals surface area contributed by atoms with Crippen molar-refractivity contribution in [1.82, 2.24) is 4.98 Å². The topological polar surface area (TPSA) is 22.1 Å². The van der Waals surface area contributed by atoms with Gasteiger partial charge in [-0.1, -0.05) is 36.8 Å². The summed E-state index contributed by atoms with van der Waals surface area (Å²) >= 11 is 7.24. The molecule has 0 aromatic carbocycles. The van der Waals surface area contributed by atoms with Crippen LogP contribution in [0.2, 0.25) is 5.15 Å². The zero-order valence-electron chi connectivity index (χ0n) is 9.07. The van der Waals surface area contributed by atoms with E-state index in [0.717, 1.165) is 24.7 Å². The van der Waals surface area contributed by atoms with Crippen molar-refractivity contribution in [3.8, 4) is 5.19 Å². The van der Waals surface area contributed by atoms with Crippen molar-refractivity contribution < 1.29 is 4.74 Å². The van der Waals surface area contributed by atoms with Gasteiger partial charge in [0.2, 0.25) is 0 Å². The zero-order chi connectivity index (χ0) is 10.8. The summed E-state index contributed by atoms with van der Waals surface area (Å²) in [7, 11) is 0. The fourth-order valence-corrected chi connectivity index (χ4v) is 3.26. The molecule has 1 aliphatic rings. The fourth-order valence-electron chi connectivity index (χ4n) is 2.41. The maximum Gasteiger partial charge on any atom is 0.274 e. The first kappa shape index (κ1) is 11.2. The Hall–Kier alpha value is -0.280. The van der Waals surface area contributed by atoms with Crippen LogP contribution in [0.25, 0.3) is 0 Å². The van der Waals surface area contributed by atoms with Crippen molar-refractivity contribution in [2.45, 2.75) is 39.2 Å². The van der Waals surface area contributed by atoms with Gasteiger partial charge in [-0.25, -0.2) is 0 Å². The Labute approximate surface area is 99.6 Å². The summed E-state index contributed by atoms with van der Waals surface area (Å²) < 4.78 is 5.84. The van der Waals surface area contributed by atoms with Crippen LogP contribution in [0.15, 0.2) is 5.38 Å². The average molecular weight is 246 g/mol. The molecule has 2 atom stereocenters. The molecule has 0 amide bonds. The number of hydrogen-bond donors (Lipinski definition) is 0. The summed E-state index contributed by atoms with van der Waals surface area (Å²) in [6.07, 6.45) is 3.92. The Kier molecular flexibility index (Phi) is 3.52. The van der Waals surface area contributed by atoms with Crippen molar-refractivity contribution in [3.05, 3.63) is 10.5 Å². The molecular formula is C11H16ClNOS. The number of aromatic nitrogens is 1. The molecule has 84 valence electrons. The Bertz CT molecular complexity index is 318. The van der Waals surface area contributed by atoms with E-state index >= 15 is 0 Å². The van der Waals surface area contributed by atoms with E-state index in [0.29, 0.717) is 16.5 Å². The van der Waals surface area contributed by atoms with Gasteiger partial charge >= 0.3 is 0 Å². The minimum absolute atomic E-state index is 0.325. The van der Waals surface area contributed by atoms with Gasteiger partial charge < -0.3 is 4.74 Å². The van der Waals surface area contributed by atoms with Crippen LogP contribution in [0.5, 0.6) is 5.19 Å². The Balaban J connectivity index is 1.94. The summed E-state index contributed by atoms with van der Waals surface area (Å²) in [4.78, 5) is 4.12. The highest BCUT2D eigenvalue weighted by Crippen LogP contribution is 2.32. The predicted octanol–water partition coefficient (Wildman–Crippen LogP) is 4.00. The highest BCUT2D eigenvalue weighted by molar-refractivity contribution is 7.11. The molecule has 0 saturated heterocycles. The van der Waals surface area contributed by atoms with Crippen LogP contribution in [-0.4, -0.2) is 11.1 Å². The van der Waals surface area contributed by atoms with Gasteiger partial charge in [0, 0.05) is 5.38 Å². The van der Waals surface area contributed by atoms with Crippen LogP contribution < -0.4 is 4.74 Å². The molecule has 0 aliphatic heterocycles. The summed E-state index contributed by atoms with van der Waals surface area (Å²) in [6.45, 7) is 4.59. The van der Waals surface area contributed by atoms with Gasteiger partial charge in [-0.2, -0.15) is 4.98 Å². The van der Waals surface area contributed by atoms with E-state index in [9.17, 15) is 0 Å². The molecule has 2 nitrogen and oxygen atoms in total. The molecule has 1 fully saturated rings. The van der Waals surface area contributed by atoms with Crippen molar-refractivity contribution in [2.24, 2.45) is 11.8 Å². The van der Waals surface area contributed by atoms with Crippen molar-refractivity contribution >= 4 is 22.9 Å². The molecule has 1 saturated carbocycles. The Morgan fingerprint density at radius 1 is 1.33 bits per heavy atom. The monoisotopic (exact) mass is 245 g/mol. The third kappa shape index (κ3) is 3.08. The summed E-state index contributed by atoms with van der Waals surface area (Å²) in [5.74, 6) is 1.52. The lowest BCUT2D eigenvalue weighted by atomic mass is 9.82. The standard InChI is InChI=1S/C11H16ClNOS/c1-7-3-8(2)5-9(4-7)14-11-13-10(12)6-15-11/h6-9H,3-5H2,1-2H3. The smallest absolute Gasteiger partial charge is 0.274 e. The van der Waals surface area contributed by atoms with Gasteiger partial charge in [-0.3, -0.25) is 0 Å². The summed E-state index contributed by atoms with van der Waals surface area (Å²) in [5, 5.41) is 3.06. The molecule has 0 spiro atoms. The minimum atomic E-state index is 0.325. The number of thiazole rings is 1. The molecule has 2 unspecified atom stereocenters. The van der Waals surface area contributed by atoms with Gasteiger partial charge in [-0.15, -0.1) is 0 Å². The van der Waals surface area contributed by atoms with Crippen LogP contribution in [0.4, 0.5) is 0 Å². The lowest BCUT2D eigenvalue weighted by Gasteiger charge is -2.30. The fraction of sp³-hybridized carbons (Fsp3) is 0.727. The number of ether oxygens (including phenoxy) is 1. The molecule has 15 heavy (non-hydrogen) atoms. The maximum absolute atomic E-state index is 5.84. The highest BCUT2D eigenvalue weighted by Gasteiger charge is 2.25. The number of nitrogens with zero attached hydrogens (tertiary/aromatic N) is 1. The molecule has 4 heteroatoms. The van der Waals surface area contributed by atoms with Crippen LogP contribution in [0.1, 0.15) is 33.1 Å². The van der Waals surface area contributed by atoms with Crippen LogP contribution in [0.3, 0.4) is 0 Å². The normalized spacial score (nSPS) is 31.5. The molecule has 0 radical (unpaired) electrons. The molecular weight excluding hydrogens is 230 g/mol. The number of rotatable bonds is 2. The van der Waals surface area contributed by atoms with E-state index in [4.69, 9.17) is 16.3 Å². The number of hydrogen-bond acceptors (Lipinski definition) is 3. The van der Waals surface area contributed by atoms with Crippen molar-refractivity contribution in [3.63, 3.8) is 0 Å². The first-order chi connectivity index (χ1) is 7.13. The van der Waals surface area contributed by atoms with E-state index < -0.39 is 0 Å². The van der Waals surface area contributed by atoms with E-state index in [1.165, 1.54) is 17.8 Å². The average Bonchev–Trinajstić information content (AvgIpc) is 2.49. The molecule has 1 aliphatic carbocycles. The predicted molar refractivity (Wildman–Crippen MR) is 63.7 cm³/mol. The van der Waals surface area contributed by atoms with E-state index in [2.05, 4.69) is 18.8 Å². The first-order valence-electron chi connectivity index (χ1n) is 5.41. The van der Waals surface area contributed by atoms with Crippen molar-refractivity contribution in [1.29, 1.82) is 0 Å². The second-order valence-corrected chi connectivity index (χ2v) is 5.80. The first-order valence-corrected chi connectivity index (χ1v) is 6.67. The minimum Gasteiger partial charge on any atom is -0.467 e. The Morgan fingerprint density at radius 2 is 2.00 bits per heavy atom. The van der Waals surface area contributed by atoms with Gasteiger partial charge in [0.05, 0.1) is 0 Å². The largest absolute Gasteiger partial charge is 0.467 e. The van der Waals surface area contributed by atoms with Crippen molar-refractivity contribution in [2.75, 3.05) is 0 Å². The zero-order valence-corrected chi connectivity index (χ0v) is 10.6. The molecule has 0 bridgehead atoms. The van der Waals surface area contributed by atoms with Gasteiger partial charge in [0.25, 0.3) is 5.19 Å². The number of halogens is 1. The molecule has 0 N–H and O–H groups in total. The van der Waals surface area contributed by atoms with Crippen LogP contribution >= 0.6 is 22.9 Å². The third-order valence-electron chi connectivity index (χ3n) is 2.86. The van der Waals surface area contributed by atoms with Gasteiger partial charge in [0.15, 0.2) is 0 Å². The third-order valence-corrected chi connectivity index (χ3v) is 3.91. The Morgan fingerprint density at radius 3 is 2.53 bits per heavy atom. The second-order valence-electron chi connectivity index (χ2n) is 4.59. The molecule has 1 aromatic heterocycles. The molecule has 1 heterocycles. The maximum atomic E-state index is 5.84. The van der Waals surface area contributed by atoms with Crippen LogP contribution in [0, 0.1) is 11.8 Å². The van der Waals surface area contributed by atoms with Gasteiger partial charge in [0.1, 0.15) is 11.3 Å². The quantitative estimate of drug-likeness (QED) is 0.786. The SMILES string of the molecule is CC1CC(C)CC(Oc2nc(Cl)cs2)C1. The summed E-state index contributed by atoms with van der Waals surface area (Å²) in [6, 6.07) is 0. The molecule has 2 rings (SSSR count). The van der Waals surface area contributed by atoms with E-state index in [1.54, 1.807) is 0 Å². The lowest BCUT2D eigenvalue weighted by molar-refractivity contribution is 0.101. The molecule has 1 aromatic rings. The van der Waals surface area contributed by atoms with E-state index in [1.807, 2.05) is 5.38 Å². The lowest BCUT2D eigenvalue weighted by Crippen LogP contribution is -2.28. The van der Waals surface area contributed by atoms with Crippen LogP contribution in [-0.2, 0) is 0 Å². The van der Waals surface area contributed by atoms with E-state index in [-0.39, 0.29) is 0 Å².